The molecular formula is C45H25N5. The monoisotopic (exact) mass is 635 g/mol. The standard InChI is InChI=1S/C45H25N5/c1-48-32-20-23-38(44(26-32)50-42-24-17-29(27-46)25-39(42)45-31(28-47)9-8-16-43(45)50)35-11-3-2-10-34(35)30-18-21-33(22-19-30)49-40-14-6-4-12-36(40)37-13-5-7-15-41(37)49/h2-26H. The highest BCUT2D eigenvalue weighted by atomic mass is 15.0. The quantitative estimate of drug-likeness (QED) is 0.181. The predicted molar refractivity (Wildman–Crippen MR) is 202 cm³/mol. The summed E-state index contributed by atoms with van der Waals surface area (Å²) in [5.41, 5.74) is 11.6. The zero-order chi connectivity index (χ0) is 33.8. The fraction of sp³-hybridized carbons (Fsp3) is 0. The van der Waals surface area contributed by atoms with Crippen molar-refractivity contribution in [1.29, 1.82) is 10.5 Å². The Morgan fingerprint density at radius 3 is 1.86 bits per heavy atom. The second-order valence-electron chi connectivity index (χ2n) is 12.3. The van der Waals surface area contributed by atoms with Crippen molar-refractivity contribution in [3.63, 3.8) is 0 Å². The summed E-state index contributed by atoms with van der Waals surface area (Å²) in [6.45, 7) is 7.88. The van der Waals surface area contributed by atoms with E-state index in [2.05, 4.69) is 117 Å². The van der Waals surface area contributed by atoms with E-state index in [1.807, 2.05) is 48.5 Å². The van der Waals surface area contributed by atoms with Gasteiger partial charge in [0.05, 0.1) is 51.9 Å². The molecule has 7 aromatic carbocycles. The van der Waals surface area contributed by atoms with Crippen LogP contribution in [0.1, 0.15) is 11.1 Å². The molecule has 0 spiro atoms. The molecule has 0 saturated heterocycles. The molecule has 0 amide bonds. The fourth-order valence-corrected chi connectivity index (χ4v) is 7.46. The molecule has 9 aromatic rings. The van der Waals surface area contributed by atoms with Crippen LogP contribution in [0.2, 0.25) is 0 Å². The topological polar surface area (TPSA) is 61.8 Å². The number of para-hydroxylation sites is 2. The molecule has 0 N–H and O–H groups in total. The summed E-state index contributed by atoms with van der Waals surface area (Å²) in [6, 6.07) is 55.7. The second kappa shape index (κ2) is 11.4. The summed E-state index contributed by atoms with van der Waals surface area (Å²) in [5.74, 6) is 0. The smallest absolute Gasteiger partial charge is 0.189 e. The average molecular weight is 636 g/mol. The Hall–Kier alpha value is -7.39. The van der Waals surface area contributed by atoms with Gasteiger partial charge in [-0.2, -0.15) is 10.5 Å². The van der Waals surface area contributed by atoms with Crippen LogP contribution in [0.3, 0.4) is 0 Å². The molecule has 5 heteroatoms. The van der Waals surface area contributed by atoms with Crippen LogP contribution in [0, 0.1) is 29.2 Å². The van der Waals surface area contributed by atoms with Crippen LogP contribution in [-0.4, -0.2) is 9.13 Å². The van der Waals surface area contributed by atoms with E-state index in [-0.39, 0.29) is 0 Å². The van der Waals surface area contributed by atoms with E-state index in [0.29, 0.717) is 16.8 Å². The van der Waals surface area contributed by atoms with Crippen molar-refractivity contribution in [3.05, 3.63) is 174 Å². The van der Waals surface area contributed by atoms with Gasteiger partial charge in [-0.15, -0.1) is 0 Å². The molecule has 0 bridgehead atoms. The van der Waals surface area contributed by atoms with Crippen molar-refractivity contribution in [2.24, 2.45) is 0 Å². The van der Waals surface area contributed by atoms with Crippen LogP contribution in [0.15, 0.2) is 152 Å². The summed E-state index contributed by atoms with van der Waals surface area (Å²) in [7, 11) is 0. The van der Waals surface area contributed by atoms with Crippen molar-refractivity contribution in [1.82, 2.24) is 9.13 Å². The Labute approximate surface area is 288 Å². The molecule has 0 aliphatic rings. The first kappa shape index (κ1) is 28.8. The number of aromatic nitrogens is 2. The third-order valence-corrected chi connectivity index (χ3v) is 9.62. The minimum absolute atomic E-state index is 0.511. The van der Waals surface area contributed by atoms with E-state index < -0.39 is 0 Å². The number of fused-ring (bicyclic) bond motifs is 6. The first-order valence-electron chi connectivity index (χ1n) is 16.3. The molecule has 2 heterocycles. The number of hydrogen-bond donors (Lipinski definition) is 0. The molecule has 0 fully saturated rings. The van der Waals surface area contributed by atoms with Gasteiger partial charge in [-0.25, -0.2) is 4.85 Å². The summed E-state index contributed by atoms with van der Waals surface area (Å²) in [6.07, 6.45) is 0. The molecule has 230 valence electrons. The van der Waals surface area contributed by atoms with Crippen LogP contribution in [0.4, 0.5) is 5.69 Å². The lowest BCUT2D eigenvalue weighted by molar-refractivity contribution is 1.18. The van der Waals surface area contributed by atoms with E-state index in [9.17, 15) is 10.5 Å². The van der Waals surface area contributed by atoms with Crippen molar-refractivity contribution in [2.45, 2.75) is 0 Å². The summed E-state index contributed by atoms with van der Waals surface area (Å²) in [4.78, 5) is 3.79. The van der Waals surface area contributed by atoms with Crippen LogP contribution < -0.4 is 0 Å². The average Bonchev–Trinajstić information content (AvgIpc) is 3.70. The molecule has 0 atom stereocenters. The highest BCUT2D eigenvalue weighted by Gasteiger charge is 2.20. The largest absolute Gasteiger partial charge is 0.310 e. The lowest BCUT2D eigenvalue weighted by Crippen LogP contribution is -1.98. The Kier molecular flexibility index (Phi) is 6.56. The zero-order valence-corrected chi connectivity index (χ0v) is 26.7. The number of nitrogens with zero attached hydrogens (tertiary/aromatic N) is 5. The Morgan fingerprint density at radius 2 is 1.16 bits per heavy atom. The van der Waals surface area contributed by atoms with E-state index in [4.69, 9.17) is 6.57 Å². The van der Waals surface area contributed by atoms with Gasteiger partial charge in [0.25, 0.3) is 0 Å². The van der Waals surface area contributed by atoms with Gasteiger partial charge in [-0.05, 0) is 77.4 Å². The fourth-order valence-electron chi connectivity index (χ4n) is 7.46. The minimum Gasteiger partial charge on any atom is -0.310 e. The first-order chi connectivity index (χ1) is 24.7. The maximum Gasteiger partial charge on any atom is 0.189 e. The maximum atomic E-state index is 10.1. The summed E-state index contributed by atoms with van der Waals surface area (Å²) in [5, 5.41) is 23.9. The van der Waals surface area contributed by atoms with Gasteiger partial charge in [0.1, 0.15) is 0 Å². The molecule has 0 saturated carbocycles. The normalized spacial score (nSPS) is 11.1. The van der Waals surface area contributed by atoms with Crippen molar-refractivity contribution < 1.29 is 0 Å². The highest BCUT2D eigenvalue weighted by molar-refractivity contribution is 6.13. The number of nitriles is 2. The predicted octanol–water partition coefficient (Wildman–Crippen LogP) is 11.5. The third kappa shape index (κ3) is 4.31. The van der Waals surface area contributed by atoms with Gasteiger partial charge in [-0.1, -0.05) is 91.0 Å². The lowest BCUT2D eigenvalue weighted by Gasteiger charge is -2.18. The summed E-state index contributed by atoms with van der Waals surface area (Å²) < 4.78 is 4.44. The van der Waals surface area contributed by atoms with Crippen LogP contribution in [0.25, 0.3) is 82.1 Å². The lowest BCUT2D eigenvalue weighted by atomic mass is 9.93. The molecule has 2 aromatic heterocycles. The zero-order valence-electron chi connectivity index (χ0n) is 26.7. The van der Waals surface area contributed by atoms with Crippen LogP contribution >= 0.6 is 0 Å². The Morgan fingerprint density at radius 1 is 0.500 bits per heavy atom. The van der Waals surface area contributed by atoms with E-state index in [1.54, 1.807) is 12.1 Å². The molecule has 0 unspecified atom stereocenters. The Balaban J connectivity index is 1.25. The van der Waals surface area contributed by atoms with E-state index >= 15 is 0 Å². The molecule has 50 heavy (non-hydrogen) atoms. The van der Waals surface area contributed by atoms with E-state index in [1.165, 1.54) is 21.8 Å². The second-order valence-corrected chi connectivity index (χ2v) is 12.3. The van der Waals surface area contributed by atoms with Gasteiger partial charge in [0.15, 0.2) is 5.69 Å². The summed E-state index contributed by atoms with van der Waals surface area (Å²) >= 11 is 0. The van der Waals surface area contributed by atoms with Gasteiger partial charge < -0.3 is 9.13 Å². The Bertz CT molecular complexity index is 2900. The first-order valence-corrected chi connectivity index (χ1v) is 16.3. The molecule has 0 aliphatic carbocycles. The van der Waals surface area contributed by atoms with Crippen LogP contribution in [0.5, 0.6) is 0 Å². The van der Waals surface area contributed by atoms with Crippen LogP contribution in [-0.2, 0) is 0 Å². The van der Waals surface area contributed by atoms with E-state index in [0.717, 1.165) is 55.4 Å². The molecule has 0 radical (unpaired) electrons. The van der Waals surface area contributed by atoms with Crippen molar-refractivity contribution >= 4 is 49.3 Å². The van der Waals surface area contributed by atoms with Gasteiger partial charge >= 0.3 is 0 Å². The molecular weight excluding hydrogens is 611 g/mol. The molecule has 5 nitrogen and oxygen atoms in total. The minimum atomic E-state index is 0.511. The van der Waals surface area contributed by atoms with Crippen molar-refractivity contribution in [3.8, 4) is 45.8 Å². The molecule has 9 rings (SSSR count). The number of rotatable bonds is 4. The van der Waals surface area contributed by atoms with Gasteiger partial charge in [-0.3, -0.25) is 0 Å². The maximum absolute atomic E-state index is 10.1. The number of benzene rings is 7. The van der Waals surface area contributed by atoms with Crippen molar-refractivity contribution in [2.75, 3.05) is 0 Å². The van der Waals surface area contributed by atoms with Gasteiger partial charge in [0, 0.05) is 38.5 Å². The van der Waals surface area contributed by atoms with Gasteiger partial charge in [0.2, 0.25) is 0 Å². The number of hydrogen-bond acceptors (Lipinski definition) is 2. The highest BCUT2D eigenvalue weighted by Crippen LogP contribution is 2.42. The third-order valence-electron chi connectivity index (χ3n) is 9.62. The molecule has 0 aliphatic heterocycles. The SMILES string of the molecule is [C-]#[N+]c1ccc(-c2ccccc2-c2ccc(-n3c4ccccc4c4ccccc43)cc2)c(-n2c3ccc(C#N)cc3c3c(C#N)cccc32)c1.